The predicted octanol–water partition coefficient (Wildman–Crippen LogP) is -2.69. The van der Waals surface area contributed by atoms with Gasteiger partial charge in [0, 0.05) is 6.42 Å². The summed E-state index contributed by atoms with van der Waals surface area (Å²) in [6, 6.07) is -0.940. The molecular weight excluding hydrogens is 191 g/mol. The summed E-state index contributed by atoms with van der Waals surface area (Å²) in [6.45, 7) is 0. The number of amides is 1. The first-order valence-electron chi connectivity index (χ1n) is 4.04. The molecule has 0 spiro atoms. The largest absolute Gasteiger partial charge is 0.481 e. The molecule has 0 aromatic rings. The van der Waals surface area contributed by atoms with E-state index in [-0.39, 0.29) is 19.3 Å². The Hall–Kier alpha value is -1.12. The zero-order valence-electron chi connectivity index (χ0n) is 7.51. The third kappa shape index (κ3) is 6.41. The molecule has 0 aromatic heterocycles. The molecule has 0 heterocycles. The van der Waals surface area contributed by atoms with Gasteiger partial charge < -0.3 is 26.2 Å². The van der Waals surface area contributed by atoms with Gasteiger partial charge >= 0.3 is 13.1 Å². The van der Waals surface area contributed by atoms with Crippen LogP contribution in [0.5, 0.6) is 0 Å². The first kappa shape index (κ1) is 12.9. The van der Waals surface area contributed by atoms with Crippen molar-refractivity contribution < 1.29 is 24.7 Å². The SMILES string of the molecule is N[C@@H](CCC(=O)O)C(=O)NCB(O)O. The Morgan fingerprint density at radius 2 is 2.00 bits per heavy atom. The van der Waals surface area contributed by atoms with E-state index >= 15 is 0 Å². The number of rotatable bonds is 6. The van der Waals surface area contributed by atoms with E-state index in [2.05, 4.69) is 5.32 Å². The maximum absolute atomic E-state index is 11.0. The molecule has 0 aliphatic carbocycles. The fourth-order valence-corrected chi connectivity index (χ4v) is 0.733. The number of nitrogens with one attached hydrogen (secondary N) is 1. The maximum Gasteiger partial charge on any atom is 0.472 e. The summed E-state index contributed by atoms with van der Waals surface area (Å²) in [5.74, 6) is -1.63. The van der Waals surface area contributed by atoms with Crippen LogP contribution in [0.3, 0.4) is 0 Å². The molecule has 7 nitrogen and oxygen atoms in total. The van der Waals surface area contributed by atoms with E-state index in [1.807, 2.05) is 0 Å². The van der Waals surface area contributed by atoms with Gasteiger partial charge in [-0.25, -0.2) is 0 Å². The monoisotopic (exact) mass is 204 g/mol. The number of aliphatic carboxylic acids is 1. The van der Waals surface area contributed by atoms with Crippen LogP contribution in [0.15, 0.2) is 0 Å². The van der Waals surface area contributed by atoms with Gasteiger partial charge in [-0.15, -0.1) is 0 Å². The Balaban J connectivity index is 3.70. The number of carboxylic acids is 1. The van der Waals surface area contributed by atoms with Crippen molar-refractivity contribution in [3.63, 3.8) is 0 Å². The highest BCUT2D eigenvalue weighted by Crippen LogP contribution is 1.94. The van der Waals surface area contributed by atoms with Gasteiger partial charge in [-0.1, -0.05) is 0 Å². The van der Waals surface area contributed by atoms with Gasteiger partial charge in [0.05, 0.1) is 12.5 Å². The highest BCUT2D eigenvalue weighted by Gasteiger charge is 2.16. The highest BCUT2D eigenvalue weighted by atomic mass is 16.4. The number of carboxylic acid groups (broad SMARTS) is 1. The smallest absolute Gasteiger partial charge is 0.472 e. The molecule has 0 aliphatic heterocycles. The number of nitrogens with two attached hydrogens (primary N) is 1. The van der Waals surface area contributed by atoms with E-state index < -0.39 is 25.0 Å². The van der Waals surface area contributed by atoms with E-state index in [9.17, 15) is 9.59 Å². The van der Waals surface area contributed by atoms with Crippen molar-refractivity contribution in [2.24, 2.45) is 5.73 Å². The average molecular weight is 204 g/mol. The lowest BCUT2D eigenvalue weighted by atomic mass is 9.92. The van der Waals surface area contributed by atoms with Gasteiger partial charge in [0.2, 0.25) is 5.91 Å². The number of hydrogen-bond donors (Lipinski definition) is 5. The summed E-state index contributed by atoms with van der Waals surface area (Å²) < 4.78 is 0. The normalized spacial score (nSPS) is 11.9. The van der Waals surface area contributed by atoms with Gasteiger partial charge in [0.15, 0.2) is 0 Å². The van der Waals surface area contributed by atoms with E-state index in [0.717, 1.165) is 0 Å². The number of hydrogen-bond acceptors (Lipinski definition) is 5. The summed E-state index contributed by atoms with van der Waals surface area (Å²) in [5.41, 5.74) is 5.31. The highest BCUT2D eigenvalue weighted by molar-refractivity contribution is 6.41. The molecule has 1 amide bonds. The van der Waals surface area contributed by atoms with Crippen LogP contribution in [0.2, 0.25) is 0 Å². The van der Waals surface area contributed by atoms with E-state index in [1.165, 1.54) is 0 Å². The van der Waals surface area contributed by atoms with Crippen molar-refractivity contribution in [2.75, 3.05) is 6.44 Å². The zero-order chi connectivity index (χ0) is 11.1. The molecule has 0 bridgehead atoms. The minimum absolute atomic E-state index is 0.0166. The Kier molecular flexibility index (Phi) is 5.85. The lowest BCUT2D eigenvalue weighted by Crippen LogP contribution is -2.44. The van der Waals surface area contributed by atoms with Crippen molar-refractivity contribution in [3.8, 4) is 0 Å². The molecule has 1 atom stereocenters. The Bertz CT molecular complexity index is 210. The lowest BCUT2D eigenvalue weighted by molar-refractivity contribution is -0.137. The van der Waals surface area contributed by atoms with Crippen molar-refractivity contribution >= 4 is 19.0 Å². The molecule has 80 valence electrons. The Morgan fingerprint density at radius 3 is 2.43 bits per heavy atom. The van der Waals surface area contributed by atoms with Gasteiger partial charge in [-0.2, -0.15) is 0 Å². The zero-order valence-corrected chi connectivity index (χ0v) is 7.51. The minimum atomic E-state index is -1.63. The summed E-state index contributed by atoms with van der Waals surface area (Å²) in [4.78, 5) is 21.1. The summed E-state index contributed by atoms with van der Waals surface area (Å²) in [5, 5.41) is 27.3. The van der Waals surface area contributed by atoms with Crippen LogP contribution in [0, 0.1) is 0 Å². The average Bonchev–Trinajstić information content (AvgIpc) is 2.09. The molecule has 0 aliphatic rings. The summed E-state index contributed by atoms with van der Waals surface area (Å²) in [7, 11) is -1.63. The molecule has 0 saturated carbocycles. The molecule has 0 fully saturated rings. The van der Waals surface area contributed by atoms with Crippen molar-refractivity contribution in [3.05, 3.63) is 0 Å². The second-order valence-electron chi connectivity index (χ2n) is 2.76. The van der Waals surface area contributed by atoms with E-state index in [1.54, 1.807) is 0 Å². The van der Waals surface area contributed by atoms with E-state index in [4.69, 9.17) is 20.9 Å². The fourth-order valence-electron chi connectivity index (χ4n) is 0.733. The Labute approximate surface area is 81.1 Å². The molecule has 0 aromatic carbocycles. The van der Waals surface area contributed by atoms with Gasteiger partial charge in [0.1, 0.15) is 0 Å². The molecule has 8 heteroatoms. The summed E-state index contributed by atoms with van der Waals surface area (Å²) in [6.07, 6.45) is -0.501. The van der Waals surface area contributed by atoms with Gasteiger partial charge in [0.25, 0.3) is 0 Å². The quantitative estimate of drug-likeness (QED) is 0.299. The first-order valence-corrected chi connectivity index (χ1v) is 4.04. The van der Waals surface area contributed by atoms with Crippen molar-refractivity contribution in [2.45, 2.75) is 18.9 Å². The van der Waals surface area contributed by atoms with Crippen LogP contribution < -0.4 is 11.1 Å². The third-order valence-corrected chi connectivity index (χ3v) is 1.46. The molecule has 0 rings (SSSR count). The molecular formula is C6H13BN2O5. The van der Waals surface area contributed by atoms with Crippen LogP contribution >= 0.6 is 0 Å². The van der Waals surface area contributed by atoms with Gasteiger partial charge in [-0.3, -0.25) is 9.59 Å². The molecule has 0 unspecified atom stereocenters. The number of carbonyl (C=O) groups excluding carboxylic acids is 1. The molecule has 6 N–H and O–H groups in total. The second-order valence-corrected chi connectivity index (χ2v) is 2.76. The van der Waals surface area contributed by atoms with Crippen molar-refractivity contribution in [1.29, 1.82) is 0 Å². The van der Waals surface area contributed by atoms with E-state index in [0.29, 0.717) is 0 Å². The second kappa shape index (κ2) is 6.36. The molecule has 0 radical (unpaired) electrons. The molecule has 14 heavy (non-hydrogen) atoms. The van der Waals surface area contributed by atoms with Gasteiger partial charge in [-0.05, 0) is 6.42 Å². The first-order chi connectivity index (χ1) is 6.43. The topological polar surface area (TPSA) is 133 Å². The van der Waals surface area contributed by atoms with Crippen LogP contribution in [-0.4, -0.2) is 46.6 Å². The fraction of sp³-hybridized carbons (Fsp3) is 0.667. The van der Waals surface area contributed by atoms with Crippen molar-refractivity contribution in [1.82, 2.24) is 5.32 Å². The summed E-state index contributed by atoms with van der Waals surface area (Å²) >= 11 is 0. The lowest BCUT2D eigenvalue weighted by Gasteiger charge is -2.10. The van der Waals surface area contributed by atoms with Crippen LogP contribution in [0.4, 0.5) is 0 Å². The predicted molar refractivity (Wildman–Crippen MR) is 48.0 cm³/mol. The van der Waals surface area contributed by atoms with Crippen LogP contribution in [0.1, 0.15) is 12.8 Å². The standard InChI is InChI=1S/C6H13BN2O5/c8-4(1-2-5(10)11)6(12)9-3-7(13)14/h4,13-14H,1-3,8H2,(H,9,12)(H,10,11)/t4-/m0/s1. The minimum Gasteiger partial charge on any atom is -0.481 e. The maximum atomic E-state index is 11.0. The third-order valence-electron chi connectivity index (χ3n) is 1.46. The number of carbonyl (C=O) groups is 2. The Morgan fingerprint density at radius 1 is 1.43 bits per heavy atom. The van der Waals surface area contributed by atoms with Crippen LogP contribution in [0.25, 0.3) is 0 Å². The molecule has 0 saturated heterocycles. The van der Waals surface area contributed by atoms with Crippen LogP contribution in [-0.2, 0) is 9.59 Å².